The van der Waals surface area contributed by atoms with E-state index in [2.05, 4.69) is 20.5 Å². The maximum atomic E-state index is 15.1. The molecular formula is C23H17ClF4N6O. The van der Waals surface area contributed by atoms with Gasteiger partial charge in [0, 0.05) is 30.9 Å². The summed E-state index contributed by atoms with van der Waals surface area (Å²) < 4.78 is 55.8. The third-order valence-corrected chi connectivity index (χ3v) is 5.33. The van der Waals surface area contributed by atoms with Crippen molar-refractivity contribution in [2.75, 3.05) is 24.3 Å². The van der Waals surface area contributed by atoms with E-state index in [1.165, 1.54) is 18.5 Å². The number of para-hydroxylation sites is 1. The summed E-state index contributed by atoms with van der Waals surface area (Å²) in [7, 11) is 3.61. The van der Waals surface area contributed by atoms with Gasteiger partial charge in [-0.1, -0.05) is 29.8 Å². The lowest BCUT2D eigenvalue weighted by atomic mass is 10.0. The molecule has 0 unspecified atom stereocenters. The molecule has 1 N–H and O–H groups in total. The molecule has 35 heavy (non-hydrogen) atoms. The van der Waals surface area contributed by atoms with Crippen molar-refractivity contribution in [2.24, 2.45) is 0 Å². The van der Waals surface area contributed by atoms with Gasteiger partial charge in [0.1, 0.15) is 11.4 Å². The Kier molecular flexibility index (Phi) is 6.44. The SMILES string of the molecule is CN(C)c1ccccc1-c1cc(Cl)c(C(=O)Nc2cnc(-n3nccn3)c(C(F)(F)F)c2)cc1F. The molecule has 0 bridgehead atoms. The second-order valence-corrected chi connectivity index (χ2v) is 8.00. The van der Waals surface area contributed by atoms with E-state index < -0.39 is 29.3 Å². The first-order valence-electron chi connectivity index (χ1n) is 10.1. The highest BCUT2D eigenvalue weighted by Crippen LogP contribution is 2.36. The zero-order chi connectivity index (χ0) is 25.3. The monoisotopic (exact) mass is 504 g/mol. The molecule has 4 aromatic rings. The van der Waals surface area contributed by atoms with Crippen LogP contribution in [0.25, 0.3) is 16.9 Å². The molecule has 0 atom stereocenters. The molecule has 0 saturated carbocycles. The Morgan fingerprint density at radius 3 is 2.40 bits per heavy atom. The molecule has 1 amide bonds. The van der Waals surface area contributed by atoms with E-state index in [4.69, 9.17) is 11.6 Å². The molecule has 2 aromatic carbocycles. The number of benzene rings is 2. The van der Waals surface area contributed by atoms with Crippen LogP contribution in [0.5, 0.6) is 0 Å². The number of nitrogens with zero attached hydrogens (tertiary/aromatic N) is 5. The van der Waals surface area contributed by atoms with Gasteiger partial charge in [-0.15, -0.1) is 4.80 Å². The van der Waals surface area contributed by atoms with Crippen molar-refractivity contribution in [1.29, 1.82) is 0 Å². The Labute approximate surface area is 202 Å². The fourth-order valence-corrected chi connectivity index (χ4v) is 3.69. The summed E-state index contributed by atoms with van der Waals surface area (Å²) >= 11 is 6.28. The van der Waals surface area contributed by atoms with Crippen LogP contribution >= 0.6 is 11.6 Å². The molecular weight excluding hydrogens is 488 g/mol. The van der Waals surface area contributed by atoms with E-state index in [0.717, 1.165) is 18.0 Å². The molecule has 0 saturated heterocycles. The zero-order valence-corrected chi connectivity index (χ0v) is 19.1. The van der Waals surface area contributed by atoms with Crippen LogP contribution in [-0.2, 0) is 6.18 Å². The van der Waals surface area contributed by atoms with E-state index in [-0.39, 0.29) is 21.8 Å². The van der Waals surface area contributed by atoms with Gasteiger partial charge in [0.05, 0.1) is 34.9 Å². The van der Waals surface area contributed by atoms with Crippen molar-refractivity contribution in [1.82, 2.24) is 20.0 Å². The van der Waals surface area contributed by atoms with Crippen molar-refractivity contribution in [2.45, 2.75) is 6.18 Å². The molecule has 12 heteroatoms. The van der Waals surface area contributed by atoms with Crippen molar-refractivity contribution in [3.63, 3.8) is 0 Å². The topological polar surface area (TPSA) is 75.9 Å². The summed E-state index contributed by atoms with van der Waals surface area (Å²) in [4.78, 5) is 19.0. The van der Waals surface area contributed by atoms with Crippen LogP contribution in [0.3, 0.4) is 0 Å². The number of halogens is 5. The van der Waals surface area contributed by atoms with Gasteiger partial charge in [-0.05, 0) is 24.3 Å². The number of carbonyl (C=O) groups excluding carboxylic acids is 1. The highest BCUT2D eigenvalue weighted by atomic mass is 35.5. The fourth-order valence-electron chi connectivity index (χ4n) is 3.44. The lowest BCUT2D eigenvalue weighted by Crippen LogP contribution is -2.17. The van der Waals surface area contributed by atoms with Crippen LogP contribution in [0.1, 0.15) is 15.9 Å². The van der Waals surface area contributed by atoms with Crippen LogP contribution in [0, 0.1) is 5.82 Å². The van der Waals surface area contributed by atoms with Gasteiger partial charge in [0.25, 0.3) is 5.91 Å². The third kappa shape index (κ3) is 4.94. The highest BCUT2D eigenvalue weighted by Gasteiger charge is 2.36. The molecule has 180 valence electrons. The van der Waals surface area contributed by atoms with Crippen LogP contribution in [0.15, 0.2) is 61.1 Å². The summed E-state index contributed by atoms with van der Waals surface area (Å²) in [5.74, 6) is -2.18. The number of anilines is 2. The number of pyridine rings is 1. The van der Waals surface area contributed by atoms with E-state index in [9.17, 15) is 18.0 Å². The van der Waals surface area contributed by atoms with Gasteiger partial charge in [-0.3, -0.25) is 4.79 Å². The van der Waals surface area contributed by atoms with Crippen molar-refractivity contribution >= 4 is 28.9 Å². The first kappa shape index (κ1) is 24.1. The molecule has 2 heterocycles. The summed E-state index contributed by atoms with van der Waals surface area (Å²) in [5.41, 5.74) is -0.214. The lowest BCUT2D eigenvalue weighted by molar-refractivity contribution is -0.137. The molecule has 0 aliphatic heterocycles. The lowest BCUT2D eigenvalue weighted by Gasteiger charge is -2.18. The third-order valence-electron chi connectivity index (χ3n) is 5.02. The van der Waals surface area contributed by atoms with Crippen molar-refractivity contribution < 1.29 is 22.4 Å². The van der Waals surface area contributed by atoms with Crippen LogP contribution < -0.4 is 10.2 Å². The summed E-state index contributed by atoms with van der Waals surface area (Å²) in [6.07, 6.45) is -1.39. The maximum absolute atomic E-state index is 15.1. The van der Waals surface area contributed by atoms with Gasteiger partial charge in [-0.25, -0.2) is 9.37 Å². The smallest absolute Gasteiger partial charge is 0.377 e. The molecule has 4 rings (SSSR count). The fraction of sp³-hybridized carbons (Fsp3) is 0.130. The molecule has 2 aromatic heterocycles. The normalized spacial score (nSPS) is 11.4. The Hall–Kier alpha value is -3.99. The molecule has 0 aliphatic carbocycles. The number of rotatable bonds is 5. The standard InChI is InChI=1S/C23H17ClF4N6O/c1-33(2)20-6-4-3-5-14(20)15-10-18(24)16(11-19(15)25)22(35)32-13-9-17(23(26,27)28)21(29-12-13)34-30-7-8-31-34/h3-12H,1-2H3,(H,32,35). The summed E-state index contributed by atoms with van der Waals surface area (Å²) in [6.45, 7) is 0. The van der Waals surface area contributed by atoms with E-state index in [1.54, 1.807) is 43.3 Å². The van der Waals surface area contributed by atoms with Crippen LogP contribution in [-0.4, -0.2) is 40.0 Å². The molecule has 0 aliphatic rings. The number of hydrogen-bond acceptors (Lipinski definition) is 5. The minimum atomic E-state index is -4.80. The Bertz CT molecular complexity index is 1390. The predicted octanol–water partition coefficient (Wildman–Crippen LogP) is 5.46. The van der Waals surface area contributed by atoms with E-state index in [0.29, 0.717) is 16.4 Å². The van der Waals surface area contributed by atoms with Crippen molar-refractivity contribution in [3.8, 4) is 16.9 Å². The number of amides is 1. The zero-order valence-electron chi connectivity index (χ0n) is 18.3. The van der Waals surface area contributed by atoms with Gasteiger partial charge < -0.3 is 10.2 Å². The molecule has 0 radical (unpaired) electrons. The van der Waals surface area contributed by atoms with Crippen molar-refractivity contribution in [3.05, 3.63) is 83.0 Å². The first-order chi connectivity index (χ1) is 16.6. The van der Waals surface area contributed by atoms with Crippen LogP contribution in [0.2, 0.25) is 5.02 Å². The first-order valence-corrected chi connectivity index (χ1v) is 10.4. The van der Waals surface area contributed by atoms with E-state index >= 15 is 4.39 Å². The summed E-state index contributed by atoms with van der Waals surface area (Å²) in [6, 6.07) is 10.00. The Morgan fingerprint density at radius 2 is 1.74 bits per heavy atom. The second kappa shape index (κ2) is 9.34. The predicted molar refractivity (Wildman–Crippen MR) is 123 cm³/mol. The number of aromatic nitrogens is 4. The average molecular weight is 505 g/mol. The molecule has 0 fully saturated rings. The second-order valence-electron chi connectivity index (χ2n) is 7.59. The number of alkyl halides is 3. The average Bonchev–Trinajstić information content (AvgIpc) is 3.34. The number of carbonyl (C=O) groups is 1. The van der Waals surface area contributed by atoms with E-state index in [1.807, 2.05) is 0 Å². The van der Waals surface area contributed by atoms with Gasteiger partial charge in [0.2, 0.25) is 0 Å². The number of hydrogen-bond donors (Lipinski definition) is 1. The Morgan fingerprint density at radius 1 is 1.06 bits per heavy atom. The maximum Gasteiger partial charge on any atom is 0.420 e. The highest BCUT2D eigenvalue weighted by molar-refractivity contribution is 6.34. The summed E-state index contributed by atoms with van der Waals surface area (Å²) in [5, 5.41) is 9.54. The van der Waals surface area contributed by atoms with Gasteiger partial charge in [-0.2, -0.15) is 23.4 Å². The minimum Gasteiger partial charge on any atom is -0.377 e. The Balaban J connectivity index is 1.67. The number of nitrogens with one attached hydrogen (secondary N) is 1. The van der Waals surface area contributed by atoms with Gasteiger partial charge >= 0.3 is 6.18 Å². The van der Waals surface area contributed by atoms with Gasteiger partial charge in [0.15, 0.2) is 5.82 Å². The quantitative estimate of drug-likeness (QED) is 0.365. The molecule has 7 nitrogen and oxygen atoms in total. The van der Waals surface area contributed by atoms with Crippen LogP contribution in [0.4, 0.5) is 28.9 Å². The molecule has 0 spiro atoms. The minimum absolute atomic E-state index is 0.0752. The largest absolute Gasteiger partial charge is 0.420 e.